The van der Waals surface area contributed by atoms with E-state index in [1.807, 2.05) is 36.4 Å². The van der Waals surface area contributed by atoms with E-state index in [9.17, 15) is 14.4 Å². The lowest BCUT2D eigenvalue weighted by Gasteiger charge is -2.29. The van der Waals surface area contributed by atoms with Crippen LogP contribution >= 0.6 is 15.9 Å². The number of rotatable bonds is 3. The van der Waals surface area contributed by atoms with Crippen LogP contribution in [0.1, 0.15) is 20.3 Å². The molecule has 2 unspecified atom stereocenters. The number of fused-ring (bicyclic) bond motifs is 1. The zero-order chi connectivity index (χ0) is 21.4. The van der Waals surface area contributed by atoms with Crippen LogP contribution in [0.4, 0.5) is 5.69 Å². The van der Waals surface area contributed by atoms with E-state index in [0.717, 1.165) is 21.4 Å². The molecular weight excluding hydrogens is 446 g/mol. The summed E-state index contributed by atoms with van der Waals surface area (Å²) in [7, 11) is 0. The minimum atomic E-state index is -0.486. The van der Waals surface area contributed by atoms with Crippen molar-refractivity contribution in [2.45, 2.75) is 20.3 Å². The maximum absolute atomic E-state index is 12.8. The predicted octanol–water partition coefficient (Wildman–Crippen LogP) is 3.55. The molecule has 1 aliphatic carbocycles. The smallest absolute Gasteiger partial charge is 0.251 e. The minimum absolute atomic E-state index is 0.00294. The van der Waals surface area contributed by atoms with E-state index in [1.54, 1.807) is 17.1 Å². The van der Waals surface area contributed by atoms with Gasteiger partial charge in [-0.1, -0.05) is 41.9 Å². The highest BCUT2D eigenvalue weighted by Gasteiger charge is 2.35. The molecule has 4 rings (SSSR count). The van der Waals surface area contributed by atoms with Gasteiger partial charge in [0.15, 0.2) is 0 Å². The lowest BCUT2D eigenvalue weighted by Crippen LogP contribution is -2.34. The summed E-state index contributed by atoms with van der Waals surface area (Å²) < 4.78 is 0.876. The fourth-order valence-corrected chi connectivity index (χ4v) is 4.39. The van der Waals surface area contributed by atoms with Crippen LogP contribution in [0.5, 0.6) is 0 Å². The Bertz CT molecular complexity index is 1050. The molecule has 7 heteroatoms. The van der Waals surface area contributed by atoms with Crippen LogP contribution in [-0.4, -0.2) is 30.0 Å². The maximum Gasteiger partial charge on any atom is 0.251 e. The van der Waals surface area contributed by atoms with Crippen molar-refractivity contribution in [2.24, 2.45) is 22.7 Å². The van der Waals surface area contributed by atoms with E-state index in [4.69, 9.17) is 0 Å². The first-order chi connectivity index (χ1) is 14.3. The molecule has 30 heavy (non-hydrogen) atoms. The minimum Gasteiger partial charge on any atom is -0.325 e. The molecule has 0 radical (unpaired) electrons. The molecule has 2 aliphatic heterocycles. The van der Waals surface area contributed by atoms with E-state index in [-0.39, 0.29) is 36.0 Å². The lowest BCUT2D eigenvalue weighted by atomic mass is 9.82. The second-order valence-electron chi connectivity index (χ2n) is 7.98. The Balaban J connectivity index is 1.51. The molecule has 0 aromatic heterocycles. The van der Waals surface area contributed by atoms with Gasteiger partial charge < -0.3 is 10.2 Å². The Hall–Kier alpha value is -2.80. The molecule has 154 valence electrons. The molecule has 3 aliphatic rings. The summed E-state index contributed by atoms with van der Waals surface area (Å²) in [6, 6.07) is 7.45. The lowest BCUT2D eigenvalue weighted by molar-refractivity contribution is -0.123. The number of carbonyl (C=O) groups excluding carboxylic acids is 3. The topological polar surface area (TPSA) is 78.8 Å². The third-order valence-electron chi connectivity index (χ3n) is 5.52. The van der Waals surface area contributed by atoms with Crippen molar-refractivity contribution in [2.75, 3.05) is 11.4 Å². The number of allylic oxidation sites excluding steroid dienone is 3. The summed E-state index contributed by atoms with van der Waals surface area (Å²) in [5, 5.41) is 2.85. The highest BCUT2D eigenvalue weighted by atomic mass is 79.9. The summed E-state index contributed by atoms with van der Waals surface area (Å²) in [5.74, 6) is -0.818. The van der Waals surface area contributed by atoms with Gasteiger partial charge in [-0.25, -0.2) is 4.99 Å². The fourth-order valence-electron chi connectivity index (χ4n) is 4.00. The van der Waals surface area contributed by atoms with Crippen LogP contribution < -0.4 is 10.2 Å². The van der Waals surface area contributed by atoms with Crippen molar-refractivity contribution in [3.63, 3.8) is 0 Å². The number of hydrogen-bond acceptors (Lipinski definition) is 3. The van der Waals surface area contributed by atoms with E-state index >= 15 is 0 Å². The van der Waals surface area contributed by atoms with Crippen molar-refractivity contribution in [1.29, 1.82) is 0 Å². The van der Waals surface area contributed by atoms with Gasteiger partial charge in [-0.15, -0.1) is 0 Å². The maximum atomic E-state index is 12.8. The zero-order valence-corrected chi connectivity index (χ0v) is 18.3. The number of aliphatic imine (C=N–C) groups is 1. The van der Waals surface area contributed by atoms with Gasteiger partial charge in [0, 0.05) is 40.8 Å². The van der Waals surface area contributed by atoms with Crippen molar-refractivity contribution >= 4 is 45.1 Å². The molecule has 1 aromatic carbocycles. The van der Waals surface area contributed by atoms with Gasteiger partial charge in [0.2, 0.25) is 11.8 Å². The SMILES string of the molecule is CC(C)C1=CC(=O)NC2=CC(=NC(=O)C3CC(=O)N(c4cccc(Br)c4)C3)C=CC21. The standard InChI is InChI=1S/C23H22BrN3O3/c1-13(2)19-11-21(28)26-20-10-16(6-7-18(19)20)25-23(30)14-8-22(29)27(12-14)17-5-3-4-15(24)9-17/h3-7,9-11,13-14,18H,8,12H2,1-2H3,(H,26,28). The fraction of sp³-hybridized carbons (Fsp3) is 0.304. The summed E-state index contributed by atoms with van der Waals surface area (Å²) in [4.78, 5) is 43.1. The second-order valence-corrected chi connectivity index (χ2v) is 8.90. The average molecular weight is 468 g/mol. The Kier molecular flexibility index (Phi) is 5.56. The van der Waals surface area contributed by atoms with E-state index in [1.165, 1.54) is 0 Å². The normalized spacial score (nSPS) is 24.7. The second kappa shape index (κ2) is 8.14. The Morgan fingerprint density at radius 3 is 2.80 bits per heavy atom. The van der Waals surface area contributed by atoms with Crippen LogP contribution in [0.3, 0.4) is 0 Å². The molecule has 0 spiro atoms. The van der Waals surface area contributed by atoms with Gasteiger partial charge >= 0.3 is 0 Å². The van der Waals surface area contributed by atoms with Crippen LogP contribution in [0.25, 0.3) is 0 Å². The molecule has 1 fully saturated rings. The number of nitrogens with one attached hydrogen (secondary N) is 1. The molecule has 1 N–H and O–H groups in total. The summed E-state index contributed by atoms with van der Waals surface area (Å²) in [6.45, 7) is 4.42. The van der Waals surface area contributed by atoms with Crippen LogP contribution in [0.2, 0.25) is 0 Å². The first-order valence-electron chi connectivity index (χ1n) is 9.92. The molecule has 2 heterocycles. The quantitative estimate of drug-likeness (QED) is 0.737. The third-order valence-corrected chi connectivity index (χ3v) is 6.02. The van der Waals surface area contributed by atoms with E-state index < -0.39 is 5.92 Å². The summed E-state index contributed by atoms with van der Waals surface area (Å²) in [6.07, 6.45) is 7.30. The number of benzene rings is 1. The first-order valence-corrected chi connectivity index (χ1v) is 10.7. The number of nitrogens with zero attached hydrogens (tertiary/aromatic N) is 2. The van der Waals surface area contributed by atoms with Gasteiger partial charge in [0.25, 0.3) is 5.91 Å². The zero-order valence-electron chi connectivity index (χ0n) is 16.8. The Morgan fingerprint density at radius 1 is 1.27 bits per heavy atom. The highest BCUT2D eigenvalue weighted by Crippen LogP contribution is 2.32. The van der Waals surface area contributed by atoms with Crippen molar-refractivity contribution in [1.82, 2.24) is 5.32 Å². The van der Waals surface area contributed by atoms with E-state index in [0.29, 0.717) is 12.3 Å². The summed E-state index contributed by atoms with van der Waals surface area (Å²) >= 11 is 3.41. The number of carbonyl (C=O) groups is 3. The van der Waals surface area contributed by atoms with E-state index in [2.05, 4.69) is 40.1 Å². The van der Waals surface area contributed by atoms with Crippen molar-refractivity contribution < 1.29 is 14.4 Å². The molecular formula is C23H22BrN3O3. The number of hydrogen-bond donors (Lipinski definition) is 1. The first kappa shape index (κ1) is 20.5. The van der Waals surface area contributed by atoms with Gasteiger partial charge in [0.05, 0.1) is 11.6 Å². The number of amides is 3. The molecule has 3 amide bonds. The number of halogens is 1. The molecule has 0 saturated carbocycles. The van der Waals surface area contributed by atoms with Crippen LogP contribution in [0.15, 0.2) is 69.3 Å². The molecule has 6 nitrogen and oxygen atoms in total. The van der Waals surface area contributed by atoms with Crippen LogP contribution in [-0.2, 0) is 14.4 Å². The van der Waals surface area contributed by atoms with Crippen LogP contribution in [0, 0.1) is 17.8 Å². The molecule has 0 bridgehead atoms. The highest BCUT2D eigenvalue weighted by molar-refractivity contribution is 9.10. The monoisotopic (exact) mass is 467 g/mol. The van der Waals surface area contributed by atoms with Gasteiger partial charge in [-0.3, -0.25) is 14.4 Å². The predicted molar refractivity (Wildman–Crippen MR) is 119 cm³/mol. The van der Waals surface area contributed by atoms with Gasteiger partial charge in [0.1, 0.15) is 0 Å². The Labute approximate surface area is 183 Å². The number of anilines is 1. The molecule has 1 aromatic rings. The van der Waals surface area contributed by atoms with Crippen molar-refractivity contribution in [3.05, 3.63) is 64.3 Å². The molecule has 2 atom stereocenters. The summed E-state index contributed by atoms with van der Waals surface area (Å²) in [5.41, 5.74) is 3.03. The van der Waals surface area contributed by atoms with Gasteiger partial charge in [-0.05, 0) is 41.8 Å². The third kappa shape index (κ3) is 4.07. The average Bonchev–Trinajstić information content (AvgIpc) is 3.09. The van der Waals surface area contributed by atoms with Crippen molar-refractivity contribution in [3.8, 4) is 0 Å². The largest absolute Gasteiger partial charge is 0.325 e. The van der Waals surface area contributed by atoms with Gasteiger partial charge in [-0.2, -0.15) is 0 Å². The molecule has 1 saturated heterocycles. The Morgan fingerprint density at radius 2 is 2.07 bits per heavy atom.